The summed E-state index contributed by atoms with van der Waals surface area (Å²) in [5.41, 5.74) is 1.66. The first-order chi connectivity index (χ1) is 9.44. The average molecular weight is 274 g/mol. The quantitative estimate of drug-likeness (QED) is 0.908. The topological polar surface area (TPSA) is 49.4 Å². The first-order valence-corrected chi connectivity index (χ1v) is 7.10. The molecular weight excluding hydrogens is 252 g/mol. The van der Waals surface area contributed by atoms with Crippen molar-refractivity contribution in [1.29, 1.82) is 0 Å². The molecule has 1 heterocycles. The van der Waals surface area contributed by atoms with Crippen LogP contribution in [0.5, 0.6) is 0 Å². The van der Waals surface area contributed by atoms with Gasteiger partial charge in [0.15, 0.2) is 0 Å². The summed E-state index contributed by atoms with van der Waals surface area (Å²) < 4.78 is 0. The number of benzene rings is 1. The molecule has 1 aromatic rings. The largest absolute Gasteiger partial charge is 0.340 e. The van der Waals surface area contributed by atoms with Crippen molar-refractivity contribution in [3.63, 3.8) is 0 Å². The Balaban J connectivity index is 2.05. The zero-order valence-corrected chi connectivity index (χ0v) is 12.4. The van der Waals surface area contributed by atoms with Crippen molar-refractivity contribution in [1.82, 2.24) is 10.2 Å². The molecule has 20 heavy (non-hydrogen) atoms. The molecule has 0 spiro atoms. The first-order valence-electron chi connectivity index (χ1n) is 7.10. The zero-order chi connectivity index (χ0) is 14.8. The third kappa shape index (κ3) is 3.00. The van der Waals surface area contributed by atoms with E-state index in [2.05, 4.69) is 30.4 Å². The highest BCUT2D eigenvalue weighted by molar-refractivity contribution is 5.97. The predicted octanol–water partition coefficient (Wildman–Crippen LogP) is 1.66. The molecule has 1 aliphatic heterocycles. The highest BCUT2D eigenvalue weighted by atomic mass is 16.2. The molecule has 2 rings (SSSR count). The van der Waals surface area contributed by atoms with E-state index in [0.29, 0.717) is 13.0 Å². The van der Waals surface area contributed by atoms with Crippen molar-refractivity contribution in [2.24, 2.45) is 0 Å². The molecule has 2 amide bonds. The fraction of sp³-hybridized carbons (Fsp3) is 0.500. The van der Waals surface area contributed by atoms with E-state index in [0.717, 1.165) is 6.42 Å². The molecule has 0 radical (unpaired) electrons. The van der Waals surface area contributed by atoms with Gasteiger partial charge in [-0.15, -0.1) is 0 Å². The normalized spacial score (nSPS) is 22.9. The van der Waals surface area contributed by atoms with Gasteiger partial charge in [-0.1, -0.05) is 36.8 Å². The highest BCUT2D eigenvalue weighted by Crippen LogP contribution is 2.18. The monoisotopic (exact) mass is 274 g/mol. The van der Waals surface area contributed by atoms with Crippen LogP contribution in [0.15, 0.2) is 24.3 Å². The number of piperazine rings is 1. The fourth-order valence-corrected chi connectivity index (χ4v) is 2.55. The van der Waals surface area contributed by atoms with Gasteiger partial charge in [0.1, 0.15) is 5.54 Å². The van der Waals surface area contributed by atoms with E-state index in [9.17, 15) is 9.59 Å². The number of amides is 2. The van der Waals surface area contributed by atoms with Crippen LogP contribution in [0.2, 0.25) is 0 Å². The fourth-order valence-electron chi connectivity index (χ4n) is 2.55. The second-order valence-corrected chi connectivity index (χ2v) is 5.70. The van der Waals surface area contributed by atoms with Gasteiger partial charge in [0.25, 0.3) is 0 Å². The first kappa shape index (κ1) is 14.6. The summed E-state index contributed by atoms with van der Waals surface area (Å²) in [6, 6.07) is 8.25. The van der Waals surface area contributed by atoms with Gasteiger partial charge >= 0.3 is 0 Å². The molecular formula is C16H22N2O2. The molecule has 0 aromatic heterocycles. The van der Waals surface area contributed by atoms with E-state index in [1.165, 1.54) is 11.1 Å². The van der Waals surface area contributed by atoms with Crippen LogP contribution in [-0.2, 0) is 16.0 Å². The Morgan fingerprint density at radius 1 is 1.35 bits per heavy atom. The van der Waals surface area contributed by atoms with E-state index in [-0.39, 0.29) is 18.4 Å². The van der Waals surface area contributed by atoms with Crippen LogP contribution in [-0.4, -0.2) is 35.3 Å². The molecule has 0 saturated carbocycles. The summed E-state index contributed by atoms with van der Waals surface area (Å²) in [6.07, 6.45) is 1.39. The lowest BCUT2D eigenvalue weighted by atomic mass is 9.94. The summed E-state index contributed by atoms with van der Waals surface area (Å²) in [7, 11) is 0. The van der Waals surface area contributed by atoms with Crippen LogP contribution in [0, 0.1) is 6.92 Å². The summed E-state index contributed by atoms with van der Waals surface area (Å²) in [5, 5.41) is 2.80. The SMILES string of the molecule is CCC1(C)NC(=O)CN(CCc2cccc(C)c2)C1=O. The van der Waals surface area contributed by atoms with Crippen LogP contribution < -0.4 is 5.32 Å². The van der Waals surface area contributed by atoms with E-state index in [1.54, 1.807) is 11.8 Å². The maximum atomic E-state index is 12.4. The lowest BCUT2D eigenvalue weighted by Gasteiger charge is -2.39. The number of aryl methyl sites for hydroxylation is 1. The Morgan fingerprint density at radius 3 is 2.75 bits per heavy atom. The minimum atomic E-state index is -0.748. The second-order valence-electron chi connectivity index (χ2n) is 5.70. The van der Waals surface area contributed by atoms with Crippen LogP contribution in [0.1, 0.15) is 31.4 Å². The summed E-state index contributed by atoms with van der Waals surface area (Å²) in [4.78, 5) is 25.8. The molecule has 1 aliphatic rings. The van der Waals surface area contributed by atoms with Gasteiger partial charge in [-0.25, -0.2) is 0 Å². The van der Waals surface area contributed by atoms with Gasteiger partial charge < -0.3 is 10.2 Å². The van der Waals surface area contributed by atoms with Crippen molar-refractivity contribution in [3.05, 3.63) is 35.4 Å². The molecule has 1 saturated heterocycles. The van der Waals surface area contributed by atoms with Crippen molar-refractivity contribution in [3.8, 4) is 0 Å². The minimum Gasteiger partial charge on any atom is -0.340 e. The number of hydrogen-bond donors (Lipinski definition) is 1. The molecule has 108 valence electrons. The third-order valence-corrected chi connectivity index (χ3v) is 3.97. The van der Waals surface area contributed by atoms with E-state index < -0.39 is 5.54 Å². The number of hydrogen-bond acceptors (Lipinski definition) is 2. The Kier molecular flexibility index (Phi) is 4.12. The molecule has 0 bridgehead atoms. The molecule has 0 aliphatic carbocycles. The lowest BCUT2D eigenvalue weighted by molar-refractivity contribution is -0.149. The van der Waals surface area contributed by atoms with E-state index in [4.69, 9.17) is 0 Å². The molecule has 1 fully saturated rings. The third-order valence-electron chi connectivity index (χ3n) is 3.97. The van der Waals surface area contributed by atoms with Crippen molar-refractivity contribution >= 4 is 11.8 Å². The number of nitrogens with one attached hydrogen (secondary N) is 1. The van der Waals surface area contributed by atoms with Gasteiger partial charge in [-0.2, -0.15) is 0 Å². The lowest BCUT2D eigenvalue weighted by Crippen LogP contribution is -2.65. The standard InChI is InChI=1S/C16H22N2O2/c1-4-16(3)15(20)18(11-14(19)17-16)9-8-13-7-5-6-12(2)10-13/h5-7,10H,4,8-9,11H2,1-3H3,(H,17,19). The maximum absolute atomic E-state index is 12.4. The van der Waals surface area contributed by atoms with Gasteiger partial charge in [0.05, 0.1) is 6.54 Å². The Labute approximate surface area is 120 Å². The molecule has 1 N–H and O–H groups in total. The molecule has 1 aromatic carbocycles. The molecule has 4 nitrogen and oxygen atoms in total. The van der Waals surface area contributed by atoms with Crippen LogP contribution in [0.25, 0.3) is 0 Å². The molecule has 1 atom stereocenters. The van der Waals surface area contributed by atoms with E-state index >= 15 is 0 Å². The van der Waals surface area contributed by atoms with Crippen LogP contribution in [0.3, 0.4) is 0 Å². The van der Waals surface area contributed by atoms with Gasteiger partial charge in [-0.05, 0) is 32.3 Å². The highest BCUT2D eigenvalue weighted by Gasteiger charge is 2.41. The van der Waals surface area contributed by atoms with Crippen LogP contribution >= 0.6 is 0 Å². The Morgan fingerprint density at radius 2 is 2.10 bits per heavy atom. The summed E-state index contributed by atoms with van der Waals surface area (Å²) in [5.74, 6) is -0.0505. The average Bonchev–Trinajstić information content (AvgIpc) is 2.41. The Bertz CT molecular complexity index is 527. The molecule has 1 unspecified atom stereocenters. The van der Waals surface area contributed by atoms with Crippen molar-refractivity contribution < 1.29 is 9.59 Å². The number of rotatable bonds is 4. The van der Waals surface area contributed by atoms with Gasteiger partial charge in [0, 0.05) is 6.54 Å². The number of carbonyl (C=O) groups is 2. The van der Waals surface area contributed by atoms with Crippen molar-refractivity contribution in [2.75, 3.05) is 13.1 Å². The summed E-state index contributed by atoms with van der Waals surface area (Å²) in [6.45, 7) is 6.52. The molecule has 4 heteroatoms. The maximum Gasteiger partial charge on any atom is 0.248 e. The number of carbonyl (C=O) groups excluding carboxylic acids is 2. The minimum absolute atomic E-state index is 0.0206. The second kappa shape index (κ2) is 5.65. The van der Waals surface area contributed by atoms with Gasteiger partial charge in [-0.3, -0.25) is 9.59 Å². The number of nitrogens with zero attached hydrogens (tertiary/aromatic N) is 1. The zero-order valence-electron chi connectivity index (χ0n) is 12.4. The smallest absolute Gasteiger partial charge is 0.248 e. The van der Waals surface area contributed by atoms with E-state index in [1.807, 2.05) is 13.0 Å². The van der Waals surface area contributed by atoms with Crippen molar-refractivity contribution in [2.45, 2.75) is 39.2 Å². The summed E-state index contributed by atoms with van der Waals surface area (Å²) >= 11 is 0. The van der Waals surface area contributed by atoms with Crippen LogP contribution in [0.4, 0.5) is 0 Å². The predicted molar refractivity (Wildman–Crippen MR) is 78.3 cm³/mol. The van der Waals surface area contributed by atoms with Gasteiger partial charge in [0.2, 0.25) is 11.8 Å². The Hall–Kier alpha value is -1.84.